The van der Waals surface area contributed by atoms with E-state index in [0.717, 1.165) is 61.8 Å². The number of fused-ring (bicyclic) bond motifs is 1. The highest BCUT2D eigenvalue weighted by Crippen LogP contribution is 2.42. The quantitative estimate of drug-likeness (QED) is 0.673. The normalized spacial score (nSPS) is 24.1. The van der Waals surface area contributed by atoms with E-state index in [2.05, 4.69) is 24.1 Å². The van der Waals surface area contributed by atoms with Crippen LogP contribution in [0.4, 0.5) is 9.80 Å². The molecule has 35 heavy (non-hydrogen) atoms. The Hall–Kier alpha value is -2.65. The molecule has 9 heteroatoms. The number of hydrogen-bond acceptors (Lipinski definition) is 5. The first kappa shape index (κ1) is 24.1. The number of carbonyl (C=O) groups is 3. The smallest absolute Gasteiger partial charge is 0.317 e. The monoisotopic (exact) mass is 497 g/mol. The second kappa shape index (κ2) is 9.43. The zero-order chi connectivity index (χ0) is 24.7. The number of likely N-dealkylation sites (tertiary alicyclic amines) is 3. The summed E-state index contributed by atoms with van der Waals surface area (Å²) in [6.07, 6.45) is 4.79. The fourth-order valence-corrected chi connectivity index (χ4v) is 7.35. The molecule has 1 unspecified atom stereocenters. The number of primary amides is 1. The van der Waals surface area contributed by atoms with Crippen LogP contribution in [0.15, 0.2) is 24.3 Å². The van der Waals surface area contributed by atoms with Gasteiger partial charge in [-0.05, 0) is 58.6 Å². The van der Waals surface area contributed by atoms with Crippen molar-refractivity contribution in [2.24, 2.45) is 11.1 Å². The Bertz CT molecular complexity index is 1140. The summed E-state index contributed by atoms with van der Waals surface area (Å²) in [6.45, 7) is 8.27. The lowest BCUT2D eigenvalue weighted by atomic mass is 9.77. The third-order valence-corrected chi connectivity index (χ3v) is 9.18. The Labute approximate surface area is 210 Å². The maximum atomic E-state index is 13.6. The molecule has 3 N–H and O–H groups in total. The highest BCUT2D eigenvalue weighted by molar-refractivity contribution is 7.23. The Morgan fingerprint density at radius 3 is 2.54 bits per heavy atom. The van der Waals surface area contributed by atoms with Crippen molar-refractivity contribution in [1.29, 1.82) is 0 Å². The van der Waals surface area contributed by atoms with E-state index >= 15 is 0 Å². The van der Waals surface area contributed by atoms with Crippen LogP contribution in [-0.4, -0.2) is 77.4 Å². The molecule has 2 aromatic rings. The standard InChI is InChI=1S/C26H35N5O3S/c1-17(2)31-15-11-26(24(31)33)10-5-12-30(16-26)18-8-13-29(14-9-18)23(32)21-19-6-3-4-7-20(19)35-22(21)28-25(27)34/h3-4,6-7,17-18H,5,8-16H2,1-2H3,(H3,27,28,34). The van der Waals surface area contributed by atoms with Crippen LogP contribution in [0.5, 0.6) is 0 Å². The van der Waals surface area contributed by atoms with Crippen molar-refractivity contribution in [3.63, 3.8) is 0 Å². The molecule has 188 valence electrons. The second-order valence-corrected chi connectivity index (χ2v) is 11.6. The van der Waals surface area contributed by atoms with Crippen LogP contribution in [0, 0.1) is 5.41 Å². The zero-order valence-corrected chi connectivity index (χ0v) is 21.4. The summed E-state index contributed by atoms with van der Waals surface area (Å²) in [6, 6.07) is 7.68. The number of rotatable bonds is 4. The fraction of sp³-hybridized carbons (Fsp3) is 0.577. The van der Waals surface area contributed by atoms with Gasteiger partial charge in [0.05, 0.1) is 11.0 Å². The first-order valence-electron chi connectivity index (χ1n) is 12.7. The van der Waals surface area contributed by atoms with Crippen LogP contribution in [-0.2, 0) is 4.79 Å². The lowest BCUT2D eigenvalue weighted by Crippen LogP contribution is -2.54. The predicted octanol–water partition coefficient (Wildman–Crippen LogP) is 3.72. The molecule has 1 spiro atoms. The molecule has 3 aliphatic rings. The summed E-state index contributed by atoms with van der Waals surface area (Å²) in [7, 11) is 0. The lowest BCUT2D eigenvalue weighted by molar-refractivity contribution is -0.140. The second-order valence-electron chi connectivity index (χ2n) is 10.5. The molecular formula is C26H35N5O3S. The van der Waals surface area contributed by atoms with E-state index in [0.29, 0.717) is 35.6 Å². The van der Waals surface area contributed by atoms with Crippen molar-refractivity contribution < 1.29 is 14.4 Å². The minimum atomic E-state index is -0.666. The number of anilines is 1. The maximum Gasteiger partial charge on any atom is 0.317 e. The van der Waals surface area contributed by atoms with E-state index in [1.165, 1.54) is 11.3 Å². The van der Waals surface area contributed by atoms with E-state index in [1.807, 2.05) is 34.1 Å². The largest absolute Gasteiger partial charge is 0.351 e. The van der Waals surface area contributed by atoms with Gasteiger partial charge in [-0.3, -0.25) is 19.8 Å². The van der Waals surface area contributed by atoms with Gasteiger partial charge >= 0.3 is 6.03 Å². The van der Waals surface area contributed by atoms with Gasteiger partial charge in [-0.15, -0.1) is 11.3 Å². The average molecular weight is 498 g/mol. The van der Waals surface area contributed by atoms with Crippen molar-refractivity contribution in [3.8, 4) is 0 Å². The third kappa shape index (κ3) is 4.40. The predicted molar refractivity (Wildman–Crippen MR) is 139 cm³/mol. The summed E-state index contributed by atoms with van der Waals surface area (Å²) in [4.78, 5) is 44.9. The molecule has 3 fully saturated rings. The number of hydrogen-bond donors (Lipinski definition) is 2. The van der Waals surface area contributed by atoms with E-state index in [9.17, 15) is 14.4 Å². The number of benzene rings is 1. The fourth-order valence-electron chi connectivity index (χ4n) is 6.25. The topological polar surface area (TPSA) is 99.0 Å². The molecule has 5 rings (SSSR count). The van der Waals surface area contributed by atoms with Gasteiger partial charge in [0.2, 0.25) is 5.91 Å². The number of piperidine rings is 2. The van der Waals surface area contributed by atoms with Gasteiger partial charge in [-0.25, -0.2) is 4.79 Å². The lowest BCUT2D eigenvalue weighted by Gasteiger charge is -2.45. The van der Waals surface area contributed by atoms with Crippen molar-refractivity contribution in [3.05, 3.63) is 29.8 Å². The Morgan fingerprint density at radius 1 is 1.11 bits per heavy atom. The first-order chi connectivity index (χ1) is 16.8. The highest BCUT2D eigenvalue weighted by Gasteiger charge is 2.50. The molecule has 3 aliphatic heterocycles. The van der Waals surface area contributed by atoms with Crippen molar-refractivity contribution in [1.82, 2.24) is 14.7 Å². The molecule has 0 saturated carbocycles. The summed E-state index contributed by atoms with van der Waals surface area (Å²) in [5.41, 5.74) is 5.69. The Morgan fingerprint density at radius 2 is 1.86 bits per heavy atom. The number of thiophene rings is 1. The molecule has 8 nitrogen and oxygen atoms in total. The summed E-state index contributed by atoms with van der Waals surface area (Å²) in [5, 5.41) is 4.01. The number of nitrogens with two attached hydrogens (primary N) is 1. The van der Waals surface area contributed by atoms with Crippen molar-refractivity contribution >= 4 is 44.3 Å². The molecule has 1 aromatic heterocycles. The molecule has 1 aromatic carbocycles. The van der Waals surface area contributed by atoms with Crippen LogP contribution in [0.1, 0.15) is 56.3 Å². The molecule has 3 saturated heterocycles. The number of nitrogens with zero attached hydrogens (tertiary/aromatic N) is 3. The van der Waals surface area contributed by atoms with Crippen LogP contribution in [0.2, 0.25) is 0 Å². The molecule has 0 radical (unpaired) electrons. The minimum Gasteiger partial charge on any atom is -0.351 e. The Balaban J connectivity index is 1.27. The Kier molecular flexibility index (Phi) is 6.48. The SMILES string of the molecule is CC(C)N1CCC2(CCCN(C3CCN(C(=O)c4c(NC(N)=O)sc5ccccc45)CC3)C2)C1=O. The van der Waals surface area contributed by atoms with Crippen LogP contribution >= 0.6 is 11.3 Å². The van der Waals surface area contributed by atoms with Crippen LogP contribution < -0.4 is 11.1 Å². The van der Waals surface area contributed by atoms with Crippen molar-refractivity contribution in [2.45, 2.75) is 58.0 Å². The first-order valence-corrected chi connectivity index (χ1v) is 13.5. The third-order valence-electron chi connectivity index (χ3n) is 8.09. The average Bonchev–Trinajstić information content (AvgIpc) is 3.35. The minimum absolute atomic E-state index is 0.0571. The van der Waals surface area contributed by atoms with Crippen molar-refractivity contribution in [2.75, 3.05) is 38.0 Å². The van der Waals surface area contributed by atoms with E-state index in [1.54, 1.807) is 0 Å². The number of amides is 4. The van der Waals surface area contributed by atoms with Gasteiger partial charge in [-0.1, -0.05) is 18.2 Å². The number of urea groups is 1. The summed E-state index contributed by atoms with van der Waals surface area (Å²) >= 11 is 1.38. The summed E-state index contributed by atoms with van der Waals surface area (Å²) in [5.74, 6) is 0.280. The van der Waals surface area contributed by atoms with E-state index in [4.69, 9.17) is 5.73 Å². The van der Waals surface area contributed by atoms with Gasteiger partial charge < -0.3 is 15.5 Å². The molecule has 1 atom stereocenters. The number of nitrogens with one attached hydrogen (secondary N) is 1. The molecule has 0 aliphatic carbocycles. The van der Waals surface area contributed by atoms with Crippen LogP contribution in [0.3, 0.4) is 0 Å². The van der Waals surface area contributed by atoms with Gasteiger partial charge in [-0.2, -0.15) is 0 Å². The van der Waals surface area contributed by atoms with E-state index < -0.39 is 6.03 Å². The van der Waals surface area contributed by atoms with Gasteiger partial charge in [0.25, 0.3) is 5.91 Å². The molecular weight excluding hydrogens is 462 g/mol. The highest BCUT2D eigenvalue weighted by atomic mass is 32.1. The zero-order valence-electron chi connectivity index (χ0n) is 20.6. The molecule has 4 amide bonds. The molecule has 4 heterocycles. The number of carbonyl (C=O) groups excluding carboxylic acids is 3. The van der Waals surface area contributed by atoms with Gasteiger partial charge in [0.15, 0.2) is 0 Å². The van der Waals surface area contributed by atoms with E-state index in [-0.39, 0.29) is 17.4 Å². The van der Waals surface area contributed by atoms with Crippen LogP contribution in [0.25, 0.3) is 10.1 Å². The summed E-state index contributed by atoms with van der Waals surface area (Å²) < 4.78 is 0.949. The van der Waals surface area contributed by atoms with Gasteiger partial charge in [0, 0.05) is 48.3 Å². The van der Waals surface area contributed by atoms with Gasteiger partial charge in [0.1, 0.15) is 5.00 Å². The maximum absolute atomic E-state index is 13.6. The molecule has 0 bridgehead atoms.